The predicted molar refractivity (Wildman–Crippen MR) is 82.1 cm³/mol. The Hall–Kier alpha value is -1.90. The second kappa shape index (κ2) is 4.89. The normalized spacial score (nSPS) is 15.9. The number of likely N-dealkylation sites (N-methyl/N-ethyl adjacent to an activating group) is 1. The summed E-state index contributed by atoms with van der Waals surface area (Å²) in [6.07, 6.45) is 2.54. The van der Waals surface area contributed by atoms with Gasteiger partial charge in [-0.1, -0.05) is 30.3 Å². The molecule has 1 aromatic carbocycles. The summed E-state index contributed by atoms with van der Waals surface area (Å²) in [7, 11) is 2.13. The maximum atomic E-state index is 4.55. The van der Waals surface area contributed by atoms with E-state index in [4.69, 9.17) is 0 Å². The first kappa shape index (κ1) is 13.1. The van der Waals surface area contributed by atoms with Crippen molar-refractivity contribution in [3.8, 4) is 0 Å². The number of aromatic nitrogens is 2. The average Bonchev–Trinajstić information content (AvgIpc) is 3.19. The van der Waals surface area contributed by atoms with Gasteiger partial charge < -0.3 is 4.90 Å². The molecule has 0 atom stereocenters. The maximum absolute atomic E-state index is 4.55. The van der Waals surface area contributed by atoms with Gasteiger partial charge in [-0.25, -0.2) is 9.97 Å². The van der Waals surface area contributed by atoms with Gasteiger partial charge in [0.05, 0.1) is 0 Å². The second-order valence-corrected chi connectivity index (χ2v) is 5.92. The van der Waals surface area contributed by atoms with E-state index in [0.29, 0.717) is 5.41 Å². The Balaban J connectivity index is 1.81. The van der Waals surface area contributed by atoms with Crippen LogP contribution in [0.3, 0.4) is 0 Å². The highest BCUT2D eigenvalue weighted by molar-refractivity contribution is 5.42. The Kier molecular flexibility index (Phi) is 3.20. The molecule has 3 heteroatoms. The lowest BCUT2D eigenvalue weighted by atomic mass is 9.95. The molecule has 1 fully saturated rings. The van der Waals surface area contributed by atoms with Crippen LogP contribution in [0.1, 0.15) is 29.9 Å². The first-order chi connectivity index (χ1) is 9.59. The van der Waals surface area contributed by atoms with Gasteiger partial charge in [0.1, 0.15) is 11.6 Å². The van der Waals surface area contributed by atoms with E-state index in [1.54, 1.807) is 0 Å². The molecule has 0 saturated heterocycles. The lowest BCUT2D eigenvalue weighted by Gasteiger charge is -2.25. The number of anilines is 1. The van der Waals surface area contributed by atoms with Gasteiger partial charge in [-0.3, -0.25) is 0 Å². The van der Waals surface area contributed by atoms with Gasteiger partial charge in [0.2, 0.25) is 0 Å². The third-order valence-electron chi connectivity index (χ3n) is 4.12. The van der Waals surface area contributed by atoms with E-state index in [2.05, 4.69) is 58.3 Å². The van der Waals surface area contributed by atoms with Gasteiger partial charge in [0.25, 0.3) is 0 Å². The molecule has 3 rings (SSSR count). The van der Waals surface area contributed by atoms with E-state index in [-0.39, 0.29) is 0 Å². The van der Waals surface area contributed by atoms with Crippen LogP contribution in [0.25, 0.3) is 0 Å². The SMILES string of the molecule is Cc1cc(N(C)CC2(c3ccccc3)CC2)nc(C)n1. The molecule has 1 aliphatic carbocycles. The van der Waals surface area contributed by atoms with Crippen molar-refractivity contribution < 1.29 is 0 Å². The van der Waals surface area contributed by atoms with Crippen LogP contribution in [0.5, 0.6) is 0 Å². The number of benzene rings is 1. The van der Waals surface area contributed by atoms with E-state index < -0.39 is 0 Å². The fourth-order valence-electron chi connectivity index (χ4n) is 2.91. The van der Waals surface area contributed by atoms with Crippen LogP contribution in [-0.4, -0.2) is 23.6 Å². The minimum atomic E-state index is 0.322. The molecule has 0 aliphatic heterocycles. The molecule has 1 aromatic heterocycles. The highest BCUT2D eigenvalue weighted by atomic mass is 15.2. The molecular weight excluding hydrogens is 246 g/mol. The zero-order valence-electron chi connectivity index (χ0n) is 12.4. The van der Waals surface area contributed by atoms with Crippen LogP contribution in [0.4, 0.5) is 5.82 Å². The standard InChI is InChI=1S/C17H21N3/c1-13-11-16(19-14(2)18-13)20(3)12-17(9-10-17)15-7-5-4-6-8-15/h4-8,11H,9-10,12H2,1-3H3. The van der Waals surface area contributed by atoms with Crippen molar-refractivity contribution in [2.45, 2.75) is 32.1 Å². The minimum Gasteiger partial charge on any atom is -0.359 e. The molecule has 20 heavy (non-hydrogen) atoms. The first-order valence-electron chi connectivity index (χ1n) is 7.18. The Bertz CT molecular complexity index is 583. The predicted octanol–water partition coefficient (Wildman–Crippen LogP) is 3.26. The number of aryl methyl sites for hydroxylation is 2. The molecule has 2 aromatic rings. The number of nitrogens with zero attached hydrogens (tertiary/aromatic N) is 3. The summed E-state index contributed by atoms with van der Waals surface area (Å²) in [6.45, 7) is 5.00. The van der Waals surface area contributed by atoms with E-state index >= 15 is 0 Å². The molecular formula is C17H21N3. The summed E-state index contributed by atoms with van der Waals surface area (Å²) in [5.41, 5.74) is 2.81. The van der Waals surface area contributed by atoms with E-state index in [0.717, 1.165) is 23.9 Å². The van der Waals surface area contributed by atoms with E-state index in [9.17, 15) is 0 Å². The van der Waals surface area contributed by atoms with Crippen LogP contribution in [-0.2, 0) is 5.41 Å². The summed E-state index contributed by atoms with van der Waals surface area (Å²) in [6, 6.07) is 12.9. The lowest BCUT2D eigenvalue weighted by Crippen LogP contribution is -2.30. The molecule has 0 radical (unpaired) electrons. The summed E-state index contributed by atoms with van der Waals surface area (Å²) < 4.78 is 0. The van der Waals surface area contributed by atoms with Gasteiger partial charge in [-0.05, 0) is 32.3 Å². The van der Waals surface area contributed by atoms with E-state index in [1.165, 1.54) is 18.4 Å². The van der Waals surface area contributed by atoms with Crippen molar-refractivity contribution in [2.75, 3.05) is 18.5 Å². The van der Waals surface area contributed by atoms with Crippen LogP contribution in [0.2, 0.25) is 0 Å². The van der Waals surface area contributed by atoms with E-state index in [1.807, 2.05) is 13.8 Å². The maximum Gasteiger partial charge on any atom is 0.132 e. The van der Waals surface area contributed by atoms with Gasteiger partial charge >= 0.3 is 0 Å². The summed E-state index contributed by atoms with van der Waals surface area (Å²) >= 11 is 0. The van der Waals surface area contributed by atoms with Gasteiger partial charge in [-0.2, -0.15) is 0 Å². The fourth-order valence-corrected chi connectivity index (χ4v) is 2.91. The quantitative estimate of drug-likeness (QED) is 0.851. The smallest absolute Gasteiger partial charge is 0.132 e. The molecule has 0 amide bonds. The summed E-state index contributed by atoms with van der Waals surface area (Å²) in [4.78, 5) is 11.2. The fraction of sp³-hybridized carbons (Fsp3) is 0.412. The summed E-state index contributed by atoms with van der Waals surface area (Å²) in [5, 5.41) is 0. The zero-order valence-corrected chi connectivity index (χ0v) is 12.4. The largest absolute Gasteiger partial charge is 0.359 e. The van der Waals surface area contributed by atoms with Crippen molar-refractivity contribution in [1.82, 2.24) is 9.97 Å². The monoisotopic (exact) mass is 267 g/mol. The highest BCUT2D eigenvalue weighted by Gasteiger charge is 2.45. The van der Waals surface area contributed by atoms with Crippen molar-refractivity contribution in [3.05, 3.63) is 53.5 Å². The molecule has 0 N–H and O–H groups in total. The summed E-state index contributed by atoms with van der Waals surface area (Å²) in [5.74, 6) is 1.87. The molecule has 1 heterocycles. The van der Waals surface area contributed by atoms with Crippen LogP contribution < -0.4 is 4.90 Å². The number of rotatable bonds is 4. The van der Waals surface area contributed by atoms with Crippen LogP contribution >= 0.6 is 0 Å². The third-order valence-corrected chi connectivity index (χ3v) is 4.12. The molecule has 104 valence electrons. The average molecular weight is 267 g/mol. The molecule has 0 unspecified atom stereocenters. The molecule has 0 bridgehead atoms. The van der Waals surface area contributed by atoms with Crippen LogP contribution in [0.15, 0.2) is 36.4 Å². The van der Waals surface area contributed by atoms with Gasteiger partial charge in [0, 0.05) is 30.8 Å². The van der Waals surface area contributed by atoms with Crippen molar-refractivity contribution in [1.29, 1.82) is 0 Å². The number of hydrogen-bond acceptors (Lipinski definition) is 3. The Morgan fingerprint density at radius 3 is 2.40 bits per heavy atom. The minimum absolute atomic E-state index is 0.322. The Morgan fingerprint density at radius 1 is 1.10 bits per heavy atom. The van der Waals surface area contributed by atoms with Crippen LogP contribution in [0, 0.1) is 13.8 Å². The van der Waals surface area contributed by atoms with Crippen molar-refractivity contribution in [2.24, 2.45) is 0 Å². The highest BCUT2D eigenvalue weighted by Crippen LogP contribution is 2.48. The molecule has 1 saturated carbocycles. The lowest BCUT2D eigenvalue weighted by molar-refractivity contribution is 0.666. The van der Waals surface area contributed by atoms with Gasteiger partial charge in [0.15, 0.2) is 0 Å². The Labute approximate surface area is 120 Å². The topological polar surface area (TPSA) is 29.0 Å². The Morgan fingerprint density at radius 2 is 1.80 bits per heavy atom. The molecule has 0 spiro atoms. The molecule has 3 nitrogen and oxygen atoms in total. The second-order valence-electron chi connectivity index (χ2n) is 5.92. The molecule has 1 aliphatic rings. The first-order valence-corrected chi connectivity index (χ1v) is 7.18. The zero-order chi connectivity index (χ0) is 14.2. The van der Waals surface area contributed by atoms with Crippen molar-refractivity contribution in [3.63, 3.8) is 0 Å². The van der Waals surface area contributed by atoms with Crippen molar-refractivity contribution >= 4 is 5.82 Å². The third kappa shape index (κ3) is 2.53. The number of hydrogen-bond donors (Lipinski definition) is 0. The van der Waals surface area contributed by atoms with Gasteiger partial charge in [-0.15, -0.1) is 0 Å².